The summed E-state index contributed by atoms with van der Waals surface area (Å²) < 4.78 is 24.8. The minimum absolute atomic E-state index is 0.0960. The second-order valence-electron chi connectivity index (χ2n) is 9.97. The van der Waals surface area contributed by atoms with E-state index >= 15 is 0 Å². The van der Waals surface area contributed by atoms with E-state index in [1.165, 1.54) is 7.11 Å². The molecule has 0 saturated heterocycles. The molecule has 2 atom stereocenters. The number of hydrogen-bond acceptors (Lipinski definition) is 8. The van der Waals surface area contributed by atoms with Gasteiger partial charge in [0, 0.05) is 17.1 Å². The van der Waals surface area contributed by atoms with E-state index in [4.69, 9.17) is 18.6 Å². The lowest BCUT2D eigenvalue weighted by Crippen LogP contribution is -2.37. The Morgan fingerprint density at radius 2 is 1.97 bits per heavy atom. The molecule has 0 fully saturated rings. The van der Waals surface area contributed by atoms with Crippen LogP contribution in [0.15, 0.2) is 40.9 Å². The molecule has 4 rings (SSSR count). The van der Waals surface area contributed by atoms with Crippen molar-refractivity contribution in [2.24, 2.45) is 0 Å². The molecule has 0 saturated carbocycles. The molecule has 4 aromatic rings. The summed E-state index contributed by atoms with van der Waals surface area (Å²) in [5, 5.41) is 20.8. The van der Waals surface area contributed by atoms with Crippen molar-refractivity contribution in [2.45, 2.75) is 59.0 Å². The van der Waals surface area contributed by atoms with Crippen LogP contribution < -0.4 is 4.74 Å². The monoisotopic (exact) mass is 505 g/mol. The number of oxazole rings is 1. The molecule has 0 bridgehead atoms. The number of rotatable bonds is 7. The molecular formula is C28H31N3O6. The minimum atomic E-state index is -1.53. The van der Waals surface area contributed by atoms with Crippen molar-refractivity contribution in [3.05, 3.63) is 59.1 Å². The number of fused-ring (bicyclic) bond motifs is 2. The number of carbonyl (C=O) groups excluding carboxylic acids is 1. The molecule has 0 aliphatic heterocycles. The van der Waals surface area contributed by atoms with E-state index in [9.17, 15) is 15.2 Å². The Morgan fingerprint density at radius 3 is 2.59 bits per heavy atom. The maximum atomic E-state index is 13.7. The molecule has 9 heteroatoms. The average molecular weight is 506 g/mol. The fourth-order valence-electron chi connectivity index (χ4n) is 4.55. The van der Waals surface area contributed by atoms with Gasteiger partial charge in [0.2, 0.25) is 12.3 Å². The van der Waals surface area contributed by atoms with Crippen molar-refractivity contribution in [1.82, 2.24) is 9.55 Å². The Labute approximate surface area is 215 Å². The van der Waals surface area contributed by atoms with Crippen LogP contribution in [0.1, 0.15) is 63.6 Å². The van der Waals surface area contributed by atoms with Crippen LogP contribution in [-0.2, 0) is 19.7 Å². The van der Waals surface area contributed by atoms with E-state index in [2.05, 4.69) is 11.1 Å². The van der Waals surface area contributed by atoms with E-state index < -0.39 is 23.4 Å². The third kappa shape index (κ3) is 4.54. The van der Waals surface area contributed by atoms with Crippen molar-refractivity contribution in [3.63, 3.8) is 0 Å². The highest BCUT2D eigenvalue weighted by molar-refractivity contribution is 5.98. The standard InChI is InChI=1S/C28H31N3O6/c1-8-35-25(32)28(6,24-30-19-14-17(15-29)9-10-20(19)36-24)22-18-11-12-31(26(33)37-27(3,4)5)23(18)16(2)13-21(22)34-7/h9-14,26,33H,8H2,1-7H3. The molecule has 2 heterocycles. The van der Waals surface area contributed by atoms with Crippen LogP contribution in [0.4, 0.5) is 0 Å². The van der Waals surface area contributed by atoms with E-state index in [-0.39, 0.29) is 12.5 Å². The van der Waals surface area contributed by atoms with Crippen LogP contribution in [-0.4, -0.2) is 39.9 Å². The summed E-state index contributed by atoms with van der Waals surface area (Å²) >= 11 is 0. The Bertz CT molecular complexity index is 1520. The number of nitrogens with zero attached hydrogens (tertiary/aromatic N) is 3. The number of esters is 1. The molecule has 9 nitrogen and oxygen atoms in total. The SMILES string of the molecule is CCOC(=O)C(C)(c1nc2cc(C#N)ccc2o1)c1c(OC)cc(C)c2c1ccn2C(O)OC(C)(C)C. The number of aliphatic hydroxyl groups is 1. The smallest absolute Gasteiger partial charge is 0.325 e. The van der Waals surface area contributed by atoms with E-state index in [0.717, 1.165) is 5.56 Å². The number of nitriles is 1. The van der Waals surface area contributed by atoms with Gasteiger partial charge in [-0.2, -0.15) is 5.26 Å². The largest absolute Gasteiger partial charge is 0.496 e. The zero-order valence-electron chi connectivity index (χ0n) is 22.1. The first kappa shape index (κ1) is 26.2. The summed E-state index contributed by atoms with van der Waals surface area (Å²) in [6, 6.07) is 10.6. The van der Waals surface area contributed by atoms with E-state index in [0.29, 0.717) is 38.9 Å². The Morgan fingerprint density at radius 1 is 1.24 bits per heavy atom. The number of hydrogen-bond donors (Lipinski definition) is 1. The number of carbonyl (C=O) groups is 1. The predicted octanol–water partition coefficient (Wildman–Crippen LogP) is 5.10. The van der Waals surface area contributed by atoms with Gasteiger partial charge in [0.05, 0.1) is 36.5 Å². The van der Waals surface area contributed by atoms with Crippen LogP contribution in [0.2, 0.25) is 0 Å². The topological polar surface area (TPSA) is 120 Å². The van der Waals surface area contributed by atoms with Gasteiger partial charge in [0.15, 0.2) is 11.0 Å². The van der Waals surface area contributed by atoms with Gasteiger partial charge in [-0.15, -0.1) is 0 Å². The Balaban J connectivity index is 2.03. The number of methoxy groups -OCH3 is 1. The lowest BCUT2D eigenvalue weighted by atomic mass is 9.79. The van der Waals surface area contributed by atoms with Gasteiger partial charge in [0.25, 0.3) is 0 Å². The van der Waals surface area contributed by atoms with Crippen LogP contribution in [0, 0.1) is 18.3 Å². The zero-order valence-corrected chi connectivity index (χ0v) is 22.1. The Kier molecular flexibility index (Phi) is 6.76. The highest BCUT2D eigenvalue weighted by Gasteiger charge is 2.47. The van der Waals surface area contributed by atoms with Crippen molar-refractivity contribution in [1.29, 1.82) is 5.26 Å². The average Bonchev–Trinajstić information content (AvgIpc) is 3.47. The third-order valence-corrected chi connectivity index (χ3v) is 6.20. The third-order valence-electron chi connectivity index (χ3n) is 6.20. The lowest BCUT2D eigenvalue weighted by molar-refractivity contribution is -0.207. The zero-order chi connectivity index (χ0) is 27.1. The van der Waals surface area contributed by atoms with Gasteiger partial charge in [0.1, 0.15) is 11.3 Å². The maximum absolute atomic E-state index is 13.7. The molecule has 0 radical (unpaired) electrons. The van der Waals surface area contributed by atoms with Crippen LogP contribution in [0.3, 0.4) is 0 Å². The quantitative estimate of drug-likeness (QED) is 0.272. The fraction of sp³-hybridized carbons (Fsp3) is 0.393. The first-order valence-corrected chi connectivity index (χ1v) is 12.0. The van der Waals surface area contributed by atoms with Crippen LogP contribution in [0.5, 0.6) is 5.75 Å². The molecule has 0 aliphatic rings. The number of ether oxygens (including phenoxy) is 3. The van der Waals surface area contributed by atoms with Crippen molar-refractivity contribution >= 4 is 28.0 Å². The van der Waals surface area contributed by atoms with Crippen molar-refractivity contribution < 1.29 is 28.5 Å². The van der Waals surface area contributed by atoms with Gasteiger partial charge >= 0.3 is 5.97 Å². The van der Waals surface area contributed by atoms with Gasteiger partial charge in [-0.05, 0) is 77.4 Å². The molecule has 2 aromatic carbocycles. The fourth-order valence-corrected chi connectivity index (χ4v) is 4.55. The summed E-state index contributed by atoms with van der Waals surface area (Å²) in [6.45, 7) is 11.0. The highest BCUT2D eigenvalue weighted by Crippen LogP contribution is 2.45. The second kappa shape index (κ2) is 9.54. The van der Waals surface area contributed by atoms with Crippen LogP contribution >= 0.6 is 0 Å². The summed E-state index contributed by atoms with van der Waals surface area (Å²) in [6.07, 6.45) is 0.438. The van der Waals surface area contributed by atoms with Gasteiger partial charge in [-0.3, -0.25) is 9.36 Å². The summed E-state index contributed by atoms with van der Waals surface area (Å²) in [5.41, 5.74) is 1.11. The number of benzene rings is 2. The summed E-state index contributed by atoms with van der Waals surface area (Å²) in [7, 11) is 1.52. The molecule has 0 aliphatic carbocycles. The maximum Gasteiger partial charge on any atom is 0.325 e. The number of aryl methyl sites for hydroxylation is 1. The predicted molar refractivity (Wildman–Crippen MR) is 137 cm³/mol. The molecule has 2 unspecified atom stereocenters. The highest BCUT2D eigenvalue weighted by atomic mass is 16.6. The molecule has 194 valence electrons. The van der Waals surface area contributed by atoms with Gasteiger partial charge in [-0.25, -0.2) is 4.98 Å². The van der Waals surface area contributed by atoms with Gasteiger partial charge in [-0.1, -0.05) is 0 Å². The van der Waals surface area contributed by atoms with E-state index in [1.54, 1.807) is 54.9 Å². The number of aliphatic hydroxyl groups excluding tert-OH is 1. The Hall–Kier alpha value is -3.87. The molecule has 37 heavy (non-hydrogen) atoms. The van der Waals surface area contributed by atoms with Crippen molar-refractivity contribution in [2.75, 3.05) is 13.7 Å². The van der Waals surface area contributed by atoms with E-state index in [1.807, 2.05) is 27.7 Å². The molecule has 0 amide bonds. The molecule has 0 spiro atoms. The first-order valence-electron chi connectivity index (χ1n) is 12.0. The minimum Gasteiger partial charge on any atom is -0.496 e. The second-order valence-corrected chi connectivity index (χ2v) is 9.97. The molecular weight excluding hydrogens is 474 g/mol. The summed E-state index contributed by atoms with van der Waals surface area (Å²) in [5.74, 6) is -0.0482. The molecule has 1 N–H and O–H groups in total. The normalized spacial score (nSPS) is 14.4. The van der Waals surface area contributed by atoms with Crippen molar-refractivity contribution in [3.8, 4) is 11.8 Å². The molecule has 2 aromatic heterocycles. The van der Waals surface area contributed by atoms with Gasteiger partial charge < -0.3 is 23.7 Å². The van der Waals surface area contributed by atoms with Crippen LogP contribution in [0.25, 0.3) is 22.0 Å². The lowest BCUT2D eigenvalue weighted by Gasteiger charge is -2.28. The first-order chi connectivity index (χ1) is 17.4. The number of aromatic nitrogens is 2. The summed E-state index contributed by atoms with van der Waals surface area (Å²) in [4.78, 5) is 18.3.